The van der Waals surface area contributed by atoms with Gasteiger partial charge in [-0.3, -0.25) is 9.63 Å². The zero-order valence-electron chi connectivity index (χ0n) is 15.3. The molecule has 3 rings (SSSR count). The maximum Gasteiger partial charge on any atom is 0.266 e. The van der Waals surface area contributed by atoms with E-state index in [1.165, 1.54) is 32.4 Å². The van der Waals surface area contributed by atoms with Gasteiger partial charge in [0.1, 0.15) is 18.1 Å². The van der Waals surface area contributed by atoms with Crippen molar-refractivity contribution in [3.8, 4) is 11.5 Å². The van der Waals surface area contributed by atoms with Gasteiger partial charge in [0, 0.05) is 24.7 Å². The first kappa shape index (κ1) is 20.4. The number of rotatable bonds is 6. The molecular formula is C18H19ClN2O6S. The number of hydrogen-bond donors (Lipinski definition) is 1. The Morgan fingerprint density at radius 1 is 1.25 bits per heavy atom. The normalized spacial score (nSPS) is 13.4. The summed E-state index contributed by atoms with van der Waals surface area (Å²) in [5.41, 5.74) is 0.904. The predicted molar refractivity (Wildman–Crippen MR) is 102 cm³/mol. The molecule has 28 heavy (non-hydrogen) atoms. The van der Waals surface area contributed by atoms with Crippen molar-refractivity contribution in [3.63, 3.8) is 0 Å². The van der Waals surface area contributed by atoms with Gasteiger partial charge in [-0.15, -0.1) is 0 Å². The molecule has 0 fully saturated rings. The fourth-order valence-corrected chi connectivity index (χ4v) is 4.10. The number of para-hydroxylation sites is 1. The van der Waals surface area contributed by atoms with E-state index in [9.17, 15) is 13.2 Å². The first-order chi connectivity index (χ1) is 13.3. The predicted octanol–water partition coefficient (Wildman–Crippen LogP) is 2.22. The Kier molecular flexibility index (Phi) is 6.09. The van der Waals surface area contributed by atoms with Crippen LogP contribution in [0.4, 0.5) is 0 Å². The van der Waals surface area contributed by atoms with Gasteiger partial charge in [0.25, 0.3) is 15.9 Å². The zero-order valence-corrected chi connectivity index (χ0v) is 16.8. The molecule has 0 aliphatic carbocycles. The lowest BCUT2D eigenvalue weighted by atomic mass is 10.1. The number of benzene rings is 2. The van der Waals surface area contributed by atoms with E-state index in [1.54, 1.807) is 6.07 Å². The van der Waals surface area contributed by atoms with Crippen molar-refractivity contribution in [2.75, 3.05) is 27.4 Å². The topological polar surface area (TPSA) is 94.2 Å². The summed E-state index contributed by atoms with van der Waals surface area (Å²) in [6, 6.07) is 9.43. The van der Waals surface area contributed by atoms with Crippen LogP contribution in [0.1, 0.15) is 15.9 Å². The summed E-state index contributed by atoms with van der Waals surface area (Å²) in [7, 11) is -1.54. The monoisotopic (exact) mass is 426 g/mol. The second kappa shape index (κ2) is 8.36. The highest BCUT2D eigenvalue weighted by molar-refractivity contribution is 7.89. The van der Waals surface area contributed by atoms with Gasteiger partial charge in [-0.1, -0.05) is 28.2 Å². The molecule has 0 saturated carbocycles. The summed E-state index contributed by atoms with van der Waals surface area (Å²) >= 11 is 6.02. The number of fused-ring (bicyclic) bond motifs is 1. The fraction of sp³-hybridized carbons (Fsp3) is 0.278. The summed E-state index contributed by atoms with van der Waals surface area (Å²) in [4.78, 5) is 17.1. The Labute approximate surface area is 168 Å². The van der Waals surface area contributed by atoms with E-state index in [-0.39, 0.29) is 22.0 Å². The van der Waals surface area contributed by atoms with E-state index in [4.69, 9.17) is 25.9 Å². The quantitative estimate of drug-likeness (QED) is 0.712. The number of nitrogens with zero attached hydrogens (tertiary/aromatic N) is 1. The van der Waals surface area contributed by atoms with E-state index >= 15 is 0 Å². The highest BCUT2D eigenvalue weighted by Gasteiger charge is 2.25. The molecule has 0 unspecified atom stereocenters. The van der Waals surface area contributed by atoms with Crippen molar-refractivity contribution >= 4 is 27.5 Å². The molecule has 1 N–H and O–H groups in total. The molecule has 1 heterocycles. The van der Waals surface area contributed by atoms with Gasteiger partial charge in [0.2, 0.25) is 0 Å². The number of nitrogens with one attached hydrogen (secondary N) is 1. The maximum atomic E-state index is 12.6. The van der Waals surface area contributed by atoms with Gasteiger partial charge < -0.3 is 14.8 Å². The molecule has 0 radical (unpaired) electrons. The van der Waals surface area contributed by atoms with Gasteiger partial charge in [0.15, 0.2) is 11.5 Å². The highest BCUT2D eigenvalue weighted by atomic mass is 35.5. The average molecular weight is 427 g/mol. The molecule has 0 bridgehead atoms. The van der Waals surface area contributed by atoms with E-state index in [2.05, 4.69) is 5.32 Å². The van der Waals surface area contributed by atoms with E-state index in [1.807, 2.05) is 12.1 Å². The van der Waals surface area contributed by atoms with Crippen molar-refractivity contribution in [1.82, 2.24) is 9.79 Å². The maximum absolute atomic E-state index is 12.6. The molecule has 0 atom stereocenters. The largest absolute Gasteiger partial charge is 0.486 e. The molecule has 0 spiro atoms. The highest BCUT2D eigenvalue weighted by Crippen LogP contribution is 2.33. The third kappa shape index (κ3) is 4.07. The zero-order chi connectivity index (χ0) is 20.3. The SMILES string of the molecule is CON(C)S(=O)(=O)c1cc(C(=O)NCc2cccc3c2OCCO3)ccc1Cl. The molecule has 0 aromatic heterocycles. The van der Waals surface area contributed by atoms with Gasteiger partial charge in [0.05, 0.1) is 12.1 Å². The van der Waals surface area contributed by atoms with Crippen molar-refractivity contribution in [2.24, 2.45) is 0 Å². The van der Waals surface area contributed by atoms with Gasteiger partial charge in [-0.2, -0.15) is 0 Å². The number of sulfonamides is 1. The van der Waals surface area contributed by atoms with Crippen molar-refractivity contribution < 1.29 is 27.5 Å². The number of hydrogen-bond acceptors (Lipinski definition) is 6. The van der Waals surface area contributed by atoms with Crippen LogP contribution >= 0.6 is 11.6 Å². The van der Waals surface area contributed by atoms with E-state index < -0.39 is 15.9 Å². The Balaban J connectivity index is 1.80. The summed E-state index contributed by atoms with van der Waals surface area (Å²) < 4.78 is 36.7. The lowest BCUT2D eigenvalue weighted by Crippen LogP contribution is -2.27. The van der Waals surface area contributed by atoms with E-state index in [0.717, 1.165) is 5.56 Å². The fourth-order valence-electron chi connectivity index (χ4n) is 2.63. The summed E-state index contributed by atoms with van der Waals surface area (Å²) in [5.74, 6) is 0.762. The first-order valence-corrected chi connectivity index (χ1v) is 10.1. The van der Waals surface area contributed by atoms with Crippen LogP contribution in [0.3, 0.4) is 0 Å². The number of ether oxygens (including phenoxy) is 2. The molecule has 8 nitrogen and oxygen atoms in total. The summed E-state index contributed by atoms with van der Waals surface area (Å²) in [5, 5.41) is 2.74. The number of hydroxylamine groups is 1. The van der Waals surface area contributed by atoms with Crippen LogP contribution in [0.5, 0.6) is 11.5 Å². The lowest BCUT2D eigenvalue weighted by Gasteiger charge is -2.21. The van der Waals surface area contributed by atoms with Crippen molar-refractivity contribution in [3.05, 3.63) is 52.5 Å². The molecule has 10 heteroatoms. The molecule has 1 amide bonds. The number of halogens is 1. The number of amides is 1. The van der Waals surface area contributed by atoms with Crippen molar-refractivity contribution in [1.29, 1.82) is 0 Å². The molecule has 2 aromatic rings. The molecule has 1 aliphatic heterocycles. The van der Waals surface area contributed by atoms with Crippen molar-refractivity contribution in [2.45, 2.75) is 11.4 Å². The minimum atomic E-state index is -3.99. The van der Waals surface area contributed by atoms with E-state index in [0.29, 0.717) is 29.2 Å². The van der Waals surface area contributed by atoms with Crippen LogP contribution in [-0.2, 0) is 21.4 Å². The standard InChI is InChI=1S/C18H19ClN2O6S/c1-21(25-2)28(23,24)16-10-12(6-7-14(16)19)18(22)20-11-13-4-3-5-15-17(13)27-9-8-26-15/h3-7,10H,8-9,11H2,1-2H3,(H,20,22). The van der Waals surface area contributed by atoms with Crippen LogP contribution in [0.25, 0.3) is 0 Å². The smallest absolute Gasteiger partial charge is 0.266 e. The Bertz CT molecular complexity index is 996. The minimum Gasteiger partial charge on any atom is -0.486 e. The molecule has 150 valence electrons. The second-order valence-corrected chi connectivity index (χ2v) is 8.18. The first-order valence-electron chi connectivity index (χ1n) is 8.33. The third-order valence-electron chi connectivity index (χ3n) is 4.15. The average Bonchev–Trinajstić information content (AvgIpc) is 2.71. The van der Waals surface area contributed by atoms with Crippen LogP contribution < -0.4 is 14.8 Å². The van der Waals surface area contributed by atoms with Gasteiger partial charge in [-0.05, 0) is 24.3 Å². The second-order valence-electron chi connectivity index (χ2n) is 5.87. The molecule has 1 aliphatic rings. The summed E-state index contributed by atoms with van der Waals surface area (Å²) in [6.07, 6.45) is 0. The lowest BCUT2D eigenvalue weighted by molar-refractivity contribution is -0.0258. The molecule has 0 saturated heterocycles. The summed E-state index contributed by atoms with van der Waals surface area (Å²) in [6.45, 7) is 1.10. The van der Waals surface area contributed by atoms with Crippen LogP contribution in [0, 0.1) is 0 Å². The Hall–Kier alpha value is -2.33. The van der Waals surface area contributed by atoms with Crippen LogP contribution in [0.2, 0.25) is 5.02 Å². The minimum absolute atomic E-state index is 0.0110. The Morgan fingerprint density at radius 3 is 2.75 bits per heavy atom. The molecule has 2 aromatic carbocycles. The van der Waals surface area contributed by atoms with Gasteiger partial charge >= 0.3 is 0 Å². The van der Waals surface area contributed by atoms with Crippen LogP contribution in [0.15, 0.2) is 41.3 Å². The van der Waals surface area contributed by atoms with Gasteiger partial charge in [-0.25, -0.2) is 8.42 Å². The Morgan fingerprint density at radius 2 is 2.00 bits per heavy atom. The number of carbonyl (C=O) groups excluding carboxylic acids is 1. The van der Waals surface area contributed by atoms with Crippen LogP contribution in [-0.4, -0.2) is 46.2 Å². The number of carbonyl (C=O) groups is 1. The third-order valence-corrected chi connectivity index (χ3v) is 6.32. The molecular weight excluding hydrogens is 408 g/mol.